The molecule has 0 radical (unpaired) electrons. The number of anilines is 2. The lowest BCUT2D eigenvalue weighted by Gasteiger charge is -2.17. The Kier molecular flexibility index (Phi) is 5.29. The van der Waals surface area contributed by atoms with Crippen LogP contribution in [0.4, 0.5) is 16.2 Å². The van der Waals surface area contributed by atoms with Gasteiger partial charge in [-0.1, -0.05) is 42.5 Å². The number of amides is 3. The molecule has 1 aliphatic heterocycles. The number of hydrogen-bond acceptors (Lipinski definition) is 3. The minimum atomic E-state index is -0.235. The highest BCUT2D eigenvalue weighted by Crippen LogP contribution is 2.24. The largest absolute Gasteiger partial charge is 0.326 e. The molecule has 3 N–H and O–H groups in total. The molecule has 2 heterocycles. The second-order valence-corrected chi connectivity index (χ2v) is 7.97. The van der Waals surface area contributed by atoms with E-state index in [0.717, 1.165) is 33.4 Å². The molecule has 160 valence electrons. The van der Waals surface area contributed by atoms with Crippen molar-refractivity contribution in [2.75, 3.05) is 23.7 Å². The van der Waals surface area contributed by atoms with E-state index < -0.39 is 0 Å². The molecule has 0 saturated carbocycles. The molecular formula is C25H23N5O2. The molecule has 1 aromatic heterocycles. The van der Waals surface area contributed by atoms with Gasteiger partial charge in [0.05, 0.1) is 17.6 Å². The van der Waals surface area contributed by atoms with Crippen LogP contribution >= 0.6 is 0 Å². The van der Waals surface area contributed by atoms with E-state index in [1.54, 1.807) is 11.1 Å². The van der Waals surface area contributed by atoms with Crippen LogP contribution in [0.1, 0.15) is 6.42 Å². The Hall–Kier alpha value is -4.13. The molecule has 32 heavy (non-hydrogen) atoms. The average Bonchev–Trinajstić information content (AvgIpc) is 3.50. The van der Waals surface area contributed by atoms with Gasteiger partial charge >= 0.3 is 6.03 Å². The van der Waals surface area contributed by atoms with Crippen molar-refractivity contribution in [3.05, 3.63) is 79.0 Å². The first kappa shape index (κ1) is 19.8. The zero-order valence-corrected chi connectivity index (χ0v) is 17.4. The fourth-order valence-corrected chi connectivity index (χ4v) is 4.00. The molecule has 1 fully saturated rings. The molecule has 4 aromatic rings. The number of aromatic nitrogens is 2. The Bertz CT molecular complexity index is 1250. The van der Waals surface area contributed by atoms with E-state index in [4.69, 9.17) is 0 Å². The third kappa shape index (κ3) is 4.18. The molecule has 1 unspecified atom stereocenters. The first-order chi connectivity index (χ1) is 15.7. The van der Waals surface area contributed by atoms with Gasteiger partial charge in [-0.3, -0.25) is 9.89 Å². The minimum Gasteiger partial charge on any atom is -0.326 e. The van der Waals surface area contributed by atoms with Gasteiger partial charge in [-0.2, -0.15) is 5.10 Å². The van der Waals surface area contributed by atoms with Gasteiger partial charge in [0.25, 0.3) is 0 Å². The zero-order valence-electron chi connectivity index (χ0n) is 17.4. The molecule has 0 bridgehead atoms. The van der Waals surface area contributed by atoms with Crippen molar-refractivity contribution in [1.29, 1.82) is 0 Å². The van der Waals surface area contributed by atoms with E-state index >= 15 is 0 Å². The highest BCUT2D eigenvalue weighted by atomic mass is 16.2. The van der Waals surface area contributed by atoms with Gasteiger partial charge in [-0.25, -0.2) is 4.79 Å². The van der Waals surface area contributed by atoms with Gasteiger partial charge in [0.1, 0.15) is 0 Å². The van der Waals surface area contributed by atoms with Gasteiger partial charge in [0, 0.05) is 29.9 Å². The lowest BCUT2D eigenvalue weighted by atomic mass is 10.1. The number of benzene rings is 3. The molecule has 0 aliphatic carbocycles. The van der Waals surface area contributed by atoms with Crippen LogP contribution in [0, 0.1) is 5.92 Å². The molecule has 7 heteroatoms. The Morgan fingerprint density at radius 3 is 2.47 bits per heavy atom. The summed E-state index contributed by atoms with van der Waals surface area (Å²) in [5, 5.41) is 13.7. The standard InChI is InChI=1S/C25H23N5O2/c31-24(27-22-10-11-23-20(14-22)15-26-29-23)19-12-13-30(16-19)25(32)28-21-8-6-18(7-9-21)17-4-2-1-3-5-17/h1-11,14-15,19H,12-13,16H2,(H,26,29)(H,27,31)(H,28,32). The molecular weight excluding hydrogens is 402 g/mol. The lowest BCUT2D eigenvalue weighted by molar-refractivity contribution is -0.119. The quantitative estimate of drug-likeness (QED) is 0.442. The number of H-pyrrole nitrogens is 1. The summed E-state index contributed by atoms with van der Waals surface area (Å²) in [7, 11) is 0. The predicted molar refractivity (Wildman–Crippen MR) is 125 cm³/mol. The van der Waals surface area contributed by atoms with Crippen molar-refractivity contribution in [1.82, 2.24) is 15.1 Å². The fraction of sp³-hybridized carbons (Fsp3) is 0.160. The molecule has 7 nitrogen and oxygen atoms in total. The van der Waals surface area contributed by atoms with Crippen LogP contribution in [0.3, 0.4) is 0 Å². The van der Waals surface area contributed by atoms with E-state index in [1.807, 2.05) is 60.7 Å². The number of fused-ring (bicyclic) bond motifs is 1. The topological polar surface area (TPSA) is 90.1 Å². The smallest absolute Gasteiger partial charge is 0.321 e. The lowest BCUT2D eigenvalue weighted by Crippen LogP contribution is -2.34. The average molecular weight is 425 g/mol. The number of nitrogens with one attached hydrogen (secondary N) is 3. The van der Waals surface area contributed by atoms with Gasteiger partial charge < -0.3 is 15.5 Å². The molecule has 0 spiro atoms. The first-order valence-electron chi connectivity index (χ1n) is 10.6. The maximum atomic E-state index is 12.7. The Balaban J connectivity index is 1.16. The highest BCUT2D eigenvalue weighted by Gasteiger charge is 2.31. The molecule has 1 saturated heterocycles. The summed E-state index contributed by atoms with van der Waals surface area (Å²) in [6, 6.07) is 23.3. The molecule has 5 rings (SSSR count). The predicted octanol–water partition coefficient (Wildman–Crippen LogP) is 4.72. The number of urea groups is 1. The van der Waals surface area contributed by atoms with Crippen LogP contribution < -0.4 is 10.6 Å². The van der Waals surface area contributed by atoms with Crippen molar-refractivity contribution >= 4 is 34.2 Å². The van der Waals surface area contributed by atoms with Crippen molar-refractivity contribution in [3.63, 3.8) is 0 Å². The summed E-state index contributed by atoms with van der Waals surface area (Å²) in [4.78, 5) is 27.1. The van der Waals surface area contributed by atoms with Gasteiger partial charge in [0.15, 0.2) is 0 Å². The zero-order chi connectivity index (χ0) is 21.9. The van der Waals surface area contributed by atoms with Crippen molar-refractivity contribution < 1.29 is 9.59 Å². The van der Waals surface area contributed by atoms with Gasteiger partial charge in [-0.05, 0) is 47.9 Å². The number of nitrogens with zero attached hydrogens (tertiary/aromatic N) is 2. The Morgan fingerprint density at radius 1 is 0.906 bits per heavy atom. The summed E-state index contributed by atoms with van der Waals surface area (Å²) >= 11 is 0. The summed E-state index contributed by atoms with van der Waals surface area (Å²) in [5.74, 6) is -0.309. The van der Waals surface area contributed by atoms with E-state index in [9.17, 15) is 9.59 Å². The second-order valence-electron chi connectivity index (χ2n) is 7.97. The highest BCUT2D eigenvalue weighted by molar-refractivity contribution is 5.96. The van der Waals surface area contributed by atoms with E-state index in [0.29, 0.717) is 19.5 Å². The monoisotopic (exact) mass is 425 g/mol. The van der Waals surface area contributed by atoms with Crippen LogP contribution in [0.2, 0.25) is 0 Å². The molecule has 1 aliphatic rings. The number of likely N-dealkylation sites (tertiary alicyclic amines) is 1. The number of rotatable bonds is 4. The van der Waals surface area contributed by atoms with Crippen LogP contribution in [-0.4, -0.2) is 40.1 Å². The SMILES string of the molecule is O=C(Nc1ccc2[nH]ncc2c1)C1CCN(C(=O)Nc2ccc(-c3ccccc3)cc2)C1. The number of aromatic amines is 1. The maximum absolute atomic E-state index is 12.7. The van der Waals surface area contributed by atoms with Gasteiger partial charge in [0.2, 0.25) is 5.91 Å². The van der Waals surface area contributed by atoms with Crippen molar-refractivity contribution in [3.8, 4) is 11.1 Å². The summed E-state index contributed by atoms with van der Waals surface area (Å²) in [5.41, 5.74) is 4.60. The molecule has 3 amide bonds. The van der Waals surface area contributed by atoms with Crippen molar-refractivity contribution in [2.45, 2.75) is 6.42 Å². The minimum absolute atomic E-state index is 0.0737. The van der Waals surface area contributed by atoms with E-state index in [2.05, 4.69) is 33.0 Å². The number of carbonyl (C=O) groups is 2. The van der Waals surface area contributed by atoms with Crippen LogP contribution in [0.15, 0.2) is 79.0 Å². The van der Waals surface area contributed by atoms with Gasteiger partial charge in [-0.15, -0.1) is 0 Å². The number of carbonyl (C=O) groups excluding carboxylic acids is 2. The maximum Gasteiger partial charge on any atom is 0.321 e. The Morgan fingerprint density at radius 2 is 1.66 bits per heavy atom. The normalized spacial score (nSPS) is 15.6. The van der Waals surface area contributed by atoms with E-state index in [1.165, 1.54) is 0 Å². The fourth-order valence-electron chi connectivity index (χ4n) is 4.00. The van der Waals surface area contributed by atoms with Crippen molar-refractivity contribution in [2.24, 2.45) is 5.92 Å². The van der Waals surface area contributed by atoms with Crippen LogP contribution in [0.5, 0.6) is 0 Å². The van der Waals surface area contributed by atoms with E-state index in [-0.39, 0.29) is 17.9 Å². The van der Waals surface area contributed by atoms with Crippen LogP contribution in [-0.2, 0) is 4.79 Å². The third-order valence-electron chi connectivity index (χ3n) is 5.80. The third-order valence-corrected chi connectivity index (χ3v) is 5.80. The molecule has 1 atom stereocenters. The molecule has 3 aromatic carbocycles. The summed E-state index contributed by atoms with van der Waals surface area (Å²) < 4.78 is 0. The van der Waals surface area contributed by atoms with Crippen LogP contribution in [0.25, 0.3) is 22.0 Å². The first-order valence-corrected chi connectivity index (χ1v) is 10.6. The Labute approximate surface area is 185 Å². The second kappa shape index (κ2) is 8.55. The summed E-state index contributed by atoms with van der Waals surface area (Å²) in [6.45, 7) is 0.945. The number of hydrogen-bond donors (Lipinski definition) is 3. The summed E-state index contributed by atoms with van der Waals surface area (Å²) in [6.07, 6.45) is 2.36.